The van der Waals surface area contributed by atoms with Crippen LogP contribution in [-0.4, -0.2) is 47.4 Å². The number of methoxy groups -OCH3 is 2. The molecule has 234 valence electrons. The predicted octanol–water partition coefficient (Wildman–Crippen LogP) is 8.51. The van der Waals surface area contributed by atoms with Crippen molar-refractivity contribution >= 4 is 34.4 Å². The Hall–Kier alpha value is -4.20. The summed E-state index contributed by atoms with van der Waals surface area (Å²) in [5.41, 5.74) is 2.26. The maximum Gasteiger partial charge on any atom is 0.168 e. The zero-order valence-corrected chi connectivity index (χ0v) is 26.7. The van der Waals surface area contributed by atoms with E-state index in [9.17, 15) is 19.8 Å². The van der Waals surface area contributed by atoms with E-state index >= 15 is 0 Å². The fourth-order valence-corrected chi connectivity index (χ4v) is 5.99. The summed E-state index contributed by atoms with van der Waals surface area (Å²) in [4.78, 5) is 36.0. The van der Waals surface area contributed by atoms with Gasteiger partial charge in [0.05, 0.1) is 36.8 Å². The number of hydrogen-bond acceptors (Lipinski definition) is 8. The van der Waals surface area contributed by atoms with Crippen molar-refractivity contribution in [1.82, 2.24) is 0 Å². The Balaban J connectivity index is 1.55. The van der Waals surface area contributed by atoms with E-state index in [1.165, 1.54) is 0 Å². The molecular weight excluding hydrogens is 556 g/mol. The first kappa shape index (κ1) is 32.7. The third-order valence-corrected chi connectivity index (χ3v) is 8.04. The molecule has 2 aliphatic carbocycles. The van der Waals surface area contributed by atoms with Crippen LogP contribution in [0.2, 0.25) is 0 Å². The Kier molecular flexibility index (Phi) is 10.1. The van der Waals surface area contributed by atoms with Gasteiger partial charge in [0.25, 0.3) is 0 Å². The number of aliphatic imine (C=N–C) groups is 2. The maximum atomic E-state index is 13.2. The third-order valence-electron chi connectivity index (χ3n) is 8.04. The summed E-state index contributed by atoms with van der Waals surface area (Å²) in [5.74, 6) is 0.912. The standard InChI is InChI=1S/C36H44N2O6/c1-35(2)19-25(37-23-13-7-11-17-31(23)43-5)33(29(41)21-35)27(39)15-9-10-16-28(40)34-26(20-36(3,4)22-30(34)42)38-24-14-8-12-18-32(24)44-6/h7-8,11-14,17-18,39-40H,9-10,15-16,19-22H2,1-6H3/b33-27+,34-28+,37-25?,38-26?. The number of ether oxygens (including phenoxy) is 2. The van der Waals surface area contributed by atoms with Crippen molar-refractivity contribution < 1.29 is 29.3 Å². The van der Waals surface area contributed by atoms with Crippen LogP contribution in [0.15, 0.2) is 81.2 Å². The maximum absolute atomic E-state index is 13.2. The predicted molar refractivity (Wildman–Crippen MR) is 174 cm³/mol. The van der Waals surface area contributed by atoms with Crippen LogP contribution < -0.4 is 9.47 Å². The molecule has 2 fully saturated rings. The molecule has 8 heteroatoms. The van der Waals surface area contributed by atoms with Crippen LogP contribution in [0.3, 0.4) is 0 Å². The van der Waals surface area contributed by atoms with Crippen molar-refractivity contribution in [2.75, 3.05) is 14.2 Å². The molecule has 0 radical (unpaired) electrons. The molecular formula is C36H44N2O6. The van der Waals surface area contributed by atoms with Gasteiger partial charge in [-0.15, -0.1) is 0 Å². The molecule has 2 aromatic rings. The molecule has 2 aliphatic rings. The van der Waals surface area contributed by atoms with Gasteiger partial charge in [-0.2, -0.15) is 0 Å². The average Bonchev–Trinajstić information content (AvgIpc) is 2.94. The normalized spacial score (nSPS) is 22.2. The average molecular weight is 601 g/mol. The number of para-hydroxylation sites is 4. The first-order chi connectivity index (χ1) is 20.8. The van der Waals surface area contributed by atoms with Crippen molar-refractivity contribution in [3.8, 4) is 11.5 Å². The number of ketones is 2. The van der Waals surface area contributed by atoms with Crippen LogP contribution >= 0.6 is 0 Å². The molecule has 0 bridgehead atoms. The lowest BCUT2D eigenvalue weighted by Crippen LogP contribution is -2.32. The van der Waals surface area contributed by atoms with E-state index in [1.807, 2.05) is 76.2 Å². The number of carbonyl (C=O) groups is 2. The second-order valence-electron chi connectivity index (χ2n) is 13.2. The monoisotopic (exact) mass is 600 g/mol. The van der Waals surface area contributed by atoms with Crippen molar-refractivity contribution in [2.45, 2.75) is 79.1 Å². The van der Waals surface area contributed by atoms with Gasteiger partial charge < -0.3 is 19.7 Å². The lowest BCUT2D eigenvalue weighted by atomic mass is 9.73. The number of benzene rings is 2. The highest BCUT2D eigenvalue weighted by atomic mass is 16.5. The molecule has 2 aromatic carbocycles. The molecule has 44 heavy (non-hydrogen) atoms. The molecule has 0 spiro atoms. The highest BCUT2D eigenvalue weighted by Crippen LogP contribution is 2.40. The largest absolute Gasteiger partial charge is 0.511 e. The number of carbonyl (C=O) groups excluding carboxylic acids is 2. The van der Waals surface area contributed by atoms with E-state index in [-0.39, 0.29) is 57.9 Å². The van der Waals surface area contributed by atoms with Gasteiger partial charge >= 0.3 is 0 Å². The fraction of sp³-hybridized carbons (Fsp3) is 0.444. The zero-order valence-electron chi connectivity index (χ0n) is 26.7. The number of unbranched alkanes of at least 4 members (excludes halogenated alkanes) is 1. The van der Waals surface area contributed by atoms with Crippen LogP contribution in [0.1, 0.15) is 79.1 Å². The van der Waals surface area contributed by atoms with E-state index in [2.05, 4.69) is 0 Å². The molecule has 0 atom stereocenters. The third kappa shape index (κ3) is 7.84. The van der Waals surface area contributed by atoms with Crippen LogP contribution in [0.25, 0.3) is 0 Å². The molecule has 0 heterocycles. The minimum atomic E-state index is -0.288. The summed E-state index contributed by atoms with van der Waals surface area (Å²) in [5, 5.41) is 22.3. The van der Waals surface area contributed by atoms with Gasteiger partial charge in [-0.1, -0.05) is 52.0 Å². The van der Waals surface area contributed by atoms with E-state index in [0.717, 1.165) is 0 Å². The van der Waals surface area contributed by atoms with Crippen LogP contribution in [0, 0.1) is 10.8 Å². The Morgan fingerprint density at radius 3 is 1.39 bits per heavy atom. The van der Waals surface area contributed by atoms with Gasteiger partial charge in [0.2, 0.25) is 0 Å². The molecule has 0 aliphatic heterocycles. The lowest BCUT2D eigenvalue weighted by Gasteiger charge is -2.31. The Labute approximate surface area is 260 Å². The molecule has 8 nitrogen and oxygen atoms in total. The highest BCUT2D eigenvalue weighted by molar-refractivity contribution is 6.26. The molecule has 0 unspecified atom stereocenters. The fourth-order valence-electron chi connectivity index (χ4n) is 5.99. The topological polar surface area (TPSA) is 118 Å². The van der Waals surface area contributed by atoms with Gasteiger partial charge in [0.15, 0.2) is 11.6 Å². The molecule has 0 aromatic heterocycles. The first-order valence-corrected chi connectivity index (χ1v) is 15.2. The number of aliphatic hydroxyl groups excluding tert-OH is 2. The number of nitrogens with zero attached hydrogens (tertiary/aromatic N) is 2. The summed E-state index contributed by atoms with van der Waals surface area (Å²) in [7, 11) is 3.14. The number of rotatable bonds is 9. The first-order valence-electron chi connectivity index (χ1n) is 15.2. The van der Waals surface area contributed by atoms with Crippen molar-refractivity contribution in [1.29, 1.82) is 0 Å². The smallest absolute Gasteiger partial charge is 0.168 e. The second-order valence-corrected chi connectivity index (χ2v) is 13.2. The number of aliphatic hydroxyl groups is 2. The molecule has 2 saturated carbocycles. The minimum absolute atomic E-state index is 0.000192. The van der Waals surface area contributed by atoms with E-state index < -0.39 is 0 Å². The number of hydrogen-bond donors (Lipinski definition) is 2. The summed E-state index contributed by atoms with van der Waals surface area (Å²) in [6.07, 6.45) is 3.21. The Morgan fingerprint density at radius 2 is 1.02 bits per heavy atom. The van der Waals surface area contributed by atoms with E-state index in [0.29, 0.717) is 72.8 Å². The van der Waals surface area contributed by atoms with Gasteiger partial charge in [-0.05, 0) is 60.8 Å². The Morgan fingerprint density at radius 1 is 0.659 bits per heavy atom. The van der Waals surface area contributed by atoms with Gasteiger partial charge in [-0.3, -0.25) is 9.59 Å². The van der Waals surface area contributed by atoms with Crippen LogP contribution in [0.4, 0.5) is 11.4 Å². The molecule has 4 rings (SSSR count). The summed E-state index contributed by atoms with van der Waals surface area (Å²) >= 11 is 0. The molecule has 0 amide bonds. The summed E-state index contributed by atoms with van der Waals surface area (Å²) in [6, 6.07) is 14.7. The minimum Gasteiger partial charge on any atom is -0.511 e. The van der Waals surface area contributed by atoms with E-state index in [4.69, 9.17) is 19.5 Å². The van der Waals surface area contributed by atoms with Crippen molar-refractivity contribution in [3.05, 3.63) is 71.2 Å². The summed E-state index contributed by atoms with van der Waals surface area (Å²) < 4.78 is 10.9. The van der Waals surface area contributed by atoms with Crippen molar-refractivity contribution in [3.63, 3.8) is 0 Å². The molecule has 0 saturated heterocycles. The van der Waals surface area contributed by atoms with Crippen molar-refractivity contribution in [2.24, 2.45) is 20.8 Å². The second kappa shape index (κ2) is 13.6. The quantitative estimate of drug-likeness (QED) is 0.169. The van der Waals surface area contributed by atoms with Gasteiger partial charge in [0.1, 0.15) is 34.4 Å². The zero-order chi connectivity index (χ0) is 32.1. The number of allylic oxidation sites excluding steroid dienone is 4. The van der Waals surface area contributed by atoms with Gasteiger partial charge in [0, 0.05) is 25.7 Å². The molecule has 2 N–H and O–H groups in total. The SMILES string of the molecule is COc1ccccc1N=C1CC(C)(C)CC(=O)/C1=C(/O)CCCC/C(O)=C1\C(=O)CC(C)(C)CC1=Nc1ccccc1OC. The van der Waals surface area contributed by atoms with Gasteiger partial charge in [-0.25, -0.2) is 9.98 Å². The number of Topliss-reactive ketones (excluding diaryl/α,β-unsaturated/α-hetero) is 2. The van der Waals surface area contributed by atoms with E-state index in [1.54, 1.807) is 14.2 Å². The lowest BCUT2D eigenvalue weighted by molar-refractivity contribution is -0.118. The Bertz CT molecular complexity index is 1430. The van der Waals surface area contributed by atoms with Crippen LogP contribution in [-0.2, 0) is 9.59 Å². The van der Waals surface area contributed by atoms with Crippen LogP contribution in [0.5, 0.6) is 11.5 Å². The summed E-state index contributed by atoms with van der Waals surface area (Å²) in [6.45, 7) is 8.08. The highest BCUT2D eigenvalue weighted by Gasteiger charge is 2.37.